The molecule has 2 aromatic carbocycles. The van der Waals surface area contributed by atoms with E-state index in [1.54, 1.807) is 0 Å². The second kappa shape index (κ2) is 4.50. The van der Waals surface area contributed by atoms with E-state index in [1.165, 1.54) is 17.5 Å². The molecule has 2 fully saturated rings. The highest BCUT2D eigenvalue weighted by Crippen LogP contribution is 2.58. The minimum atomic E-state index is 0.438. The summed E-state index contributed by atoms with van der Waals surface area (Å²) in [4.78, 5) is 0. The van der Waals surface area contributed by atoms with Crippen molar-refractivity contribution in [3.8, 4) is 0 Å². The highest BCUT2D eigenvalue weighted by atomic mass is 16.5. The topological polar surface area (TPSA) is 9.23 Å². The number of benzene rings is 2. The Morgan fingerprint density at radius 2 is 1.32 bits per heavy atom. The van der Waals surface area contributed by atoms with Crippen LogP contribution in [0.3, 0.4) is 0 Å². The average molecular weight is 250 g/mol. The van der Waals surface area contributed by atoms with Crippen molar-refractivity contribution in [2.45, 2.75) is 24.4 Å². The summed E-state index contributed by atoms with van der Waals surface area (Å²) in [5, 5.41) is 0. The monoisotopic (exact) mass is 250 g/mol. The van der Waals surface area contributed by atoms with Gasteiger partial charge in [0.25, 0.3) is 0 Å². The van der Waals surface area contributed by atoms with E-state index in [9.17, 15) is 0 Å². The van der Waals surface area contributed by atoms with Crippen molar-refractivity contribution in [1.82, 2.24) is 0 Å². The van der Waals surface area contributed by atoms with Gasteiger partial charge in [0, 0.05) is 12.5 Å². The van der Waals surface area contributed by atoms with E-state index in [-0.39, 0.29) is 0 Å². The molecule has 1 nitrogen and oxygen atoms in total. The highest BCUT2D eigenvalue weighted by molar-refractivity contribution is 5.36. The molecule has 1 saturated heterocycles. The van der Waals surface area contributed by atoms with Gasteiger partial charge < -0.3 is 4.74 Å². The first kappa shape index (κ1) is 11.2. The van der Waals surface area contributed by atoms with Crippen molar-refractivity contribution >= 4 is 0 Å². The van der Waals surface area contributed by atoms with Gasteiger partial charge in [0.05, 0.1) is 6.10 Å². The largest absolute Gasteiger partial charge is 0.377 e. The Bertz CT molecular complexity index is 497. The van der Waals surface area contributed by atoms with Crippen molar-refractivity contribution in [2.75, 3.05) is 6.61 Å². The first-order valence-electron chi connectivity index (χ1n) is 7.16. The van der Waals surface area contributed by atoms with Gasteiger partial charge in [-0.05, 0) is 29.4 Å². The summed E-state index contributed by atoms with van der Waals surface area (Å²) >= 11 is 0. The van der Waals surface area contributed by atoms with Gasteiger partial charge in [0.1, 0.15) is 0 Å². The van der Waals surface area contributed by atoms with Crippen molar-refractivity contribution in [1.29, 1.82) is 0 Å². The maximum absolute atomic E-state index is 5.97. The quantitative estimate of drug-likeness (QED) is 0.783. The third-order valence-corrected chi connectivity index (χ3v) is 4.75. The summed E-state index contributed by atoms with van der Waals surface area (Å²) in [6.45, 7) is 0.933. The van der Waals surface area contributed by atoms with Crippen molar-refractivity contribution in [3.05, 3.63) is 71.8 Å². The summed E-state index contributed by atoms with van der Waals surface area (Å²) < 4.78 is 5.97. The second-order valence-corrected chi connectivity index (χ2v) is 5.66. The molecule has 96 valence electrons. The Kier molecular flexibility index (Phi) is 2.66. The van der Waals surface area contributed by atoms with Crippen LogP contribution < -0.4 is 0 Å². The molecule has 19 heavy (non-hydrogen) atoms. The normalized spacial score (nSPS) is 32.6. The van der Waals surface area contributed by atoms with Gasteiger partial charge in [-0.3, -0.25) is 0 Å². The van der Waals surface area contributed by atoms with Crippen LogP contribution in [-0.4, -0.2) is 12.7 Å². The molecular formula is C18H18O. The third-order valence-electron chi connectivity index (χ3n) is 4.75. The fourth-order valence-corrected chi connectivity index (χ4v) is 3.91. The molecule has 0 aromatic heterocycles. The second-order valence-electron chi connectivity index (χ2n) is 5.66. The minimum absolute atomic E-state index is 0.438. The number of hydrogen-bond acceptors (Lipinski definition) is 1. The SMILES string of the molecule is c1ccc([C@H]2[C@@H]3CCO[C@@H]3[C@@H]2c2ccccc2)cc1. The molecule has 0 N–H and O–H groups in total. The number of ether oxygens (including phenoxy) is 1. The zero-order chi connectivity index (χ0) is 12.7. The molecule has 1 aliphatic carbocycles. The molecule has 0 amide bonds. The van der Waals surface area contributed by atoms with Crippen LogP contribution in [0.1, 0.15) is 29.4 Å². The zero-order valence-corrected chi connectivity index (χ0v) is 10.9. The van der Waals surface area contributed by atoms with E-state index in [0.717, 1.165) is 6.61 Å². The van der Waals surface area contributed by atoms with Gasteiger partial charge in [-0.25, -0.2) is 0 Å². The van der Waals surface area contributed by atoms with E-state index in [1.807, 2.05) is 0 Å². The van der Waals surface area contributed by atoms with Crippen LogP contribution in [0.25, 0.3) is 0 Å². The summed E-state index contributed by atoms with van der Waals surface area (Å²) in [6, 6.07) is 21.8. The fourth-order valence-electron chi connectivity index (χ4n) is 3.91. The lowest BCUT2D eigenvalue weighted by Gasteiger charge is -2.48. The van der Waals surface area contributed by atoms with Crippen LogP contribution in [0.2, 0.25) is 0 Å². The Labute approximate surface area is 114 Å². The Morgan fingerprint density at radius 1 is 0.737 bits per heavy atom. The standard InChI is InChI=1S/C18H18O/c1-3-7-13(8-4-1)16-15-11-12-19-18(15)17(16)14-9-5-2-6-10-14/h1-10,15-18H,11-12H2/t15-,16-,17+,18-/m0/s1. The van der Waals surface area contributed by atoms with Gasteiger partial charge in [0.15, 0.2) is 0 Å². The molecule has 2 aliphatic rings. The van der Waals surface area contributed by atoms with Crippen LogP contribution in [0.4, 0.5) is 0 Å². The van der Waals surface area contributed by atoms with Gasteiger partial charge in [0.2, 0.25) is 0 Å². The van der Waals surface area contributed by atoms with E-state index in [2.05, 4.69) is 60.7 Å². The molecule has 0 unspecified atom stereocenters. The lowest BCUT2D eigenvalue weighted by molar-refractivity contribution is -0.00899. The summed E-state index contributed by atoms with van der Waals surface area (Å²) in [7, 11) is 0. The van der Waals surface area contributed by atoms with Gasteiger partial charge in [-0.2, -0.15) is 0 Å². The van der Waals surface area contributed by atoms with Crippen LogP contribution in [0, 0.1) is 5.92 Å². The Morgan fingerprint density at radius 3 is 1.95 bits per heavy atom. The molecule has 0 radical (unpaired) electrons. The first-order valence-corrected chi connectivity index (χ1v) is 7.16. The van der Waals surface area contributed by atoms with Crippen LogP contribution >= 0.6 is 0 Å². The Hall–Kier alpha value is -1.60. The summed E-state index contributed by atoms with van der Waals surface area (Å²) in [5.41, 5.74) is 2.91. The van der Waals surface area contributed by atoms with Gasteiger partial charge in [-0.1, -0.05) is 60.7 Å². The smallest absolute Gasteiger partial charge is 0.0684 e. The summed E-state index contributed by atoms with van der Waals surface area (Å²) in [6.07, 6.45) is 1.65. The van der Waals surface area contributed by atoms with Crippen LogP contribution in [-0.2, 0) is 4.74 Å². The summed E-state index contributed by atoms with van der Waals surface area (Å²) in [5.74, 6) is 1.89. The minimum Gasteiger partial charge on any atom is -0.377 e. The molecule has 1 heterocycles. The van der Waals surface area contributed by atoms with Crippen molar-refractivity contribution in [2.24, 2.45) is 5.92 Å². The highest BCUT2D eigenvalue weighted by Gasteiger charge is 2.54. The number of fused-ring (bicyclic) bond motifs is 1. The maximum atomic E-state index is 5.97. The van der Waals surface area contributed by atoms with Crippen molar-refractivity contribution < 1.29 is 4.74 Å². The molecule has 0 spiro atoms. The van der Waals surface area contributed by atoms with Crippen molar-refractivity contribution in [3.63, 3.8) is 0 Å². The zero-order valence-electron chi connectivity index (χ0n) is 10.9. The van der Waals surface area contributed by atoms with Crippen LogP contribution in [0.15, 0.2) is 60.7 Å². The third kappa shape index (κ3) is 1.73. The lowest BCUT2D eigenvalue weighted by Crippen LogP contribution is -2.45. The average Bonchev–Trinajstić information content (AvgIpc) is 2.85. The van der Waals surface area contributed by atoms with E-state index in [4.69, 9.17) is 4.74 Å². The molecule has 0 bridgehead atoms. The predicted molar refractivity (Wildman–Crippen MR) is 76.2 cm³/mol. The molecule has 2 aromatic rings. The fraction of sp³-hybridized carbons (Fsp3) is 0.333. The molecule has 1 saturated carbocycles. The molecule has 1 heteroatoms. The number of rotatable bonds is 2. The molecule has 1 aliphatic heterocycles. The molecule has 4 rings (SSSR count). The first-order chi connectivity index (χ1) is 9.45. The number of hydrogen-bond donors (Lipinski definition) is 0. The van der Waals surface area contributed by atoms with E-state index >= 15 is 0 Å². The Balaban J connectivity index is 1.72. The van der Waals surface area contributed by atoms with Gasteiger partial charge in [-0.15, -0.1) is 0 Å². The van der Waals surface area contributed by atoms with E-state index in [0.29, 0.717) is 23.9 Å². The van der Waals surface area contributed by atoms with Crippen LogP contribution in [0.5, 0.6) is 0 Å². The maximum Gasteiger partial charge on any atom is 0.0684 e. The lowest BCUT2D eigenvalue weighted by atomic mass is 9.57. The van der Waals surface area contributed by atoms with Gasteiger partial charge >= 0.3 is 0 Å². The molecular weight excluding hydrogens is 232 g/mol. The predicted octanol–water partition coefficient (Wildman–Crippen LogP) is 3.97. The molecule has 4 atom stereocenters. The van der Waals surface area contributed by atoms with E-state index < -0.39 is 0 Å².